The minimum atomic E-state index is 0.603. The van der Waals surface area contributed by atoms with Crippen molar-refractivity contribution < 1.29 is 4.79 Å². The molecule has 11 heavy (non-hydrogen) atoms. The molecule has 0 atom stereocenters. The van der Waals surface area contributed by atoms with Gasteiger partial charge in [0, 0.05) is 6.42 Å². The van der Waals surface area contributed by atoms with Crippen LogP contribution in [0.15, 0.2) is 11.6 Å². The lowest BCUT2D eigenvalue weighted by Gasteiger charge is -1.94. The first-order chi connectivity index (χ1) is 5.31. The zero-order chi connectivity index (χ0) is 8.53. The van der Waals surface area contributed by atoms with E-state index in [9.17, 15) is 4.79 Å². The van der Waals surface area contributed by atoms with Crippen molar-refractivity contribution in [2.45, 2.75) is 46.0 Å². The third-order valence-electron chi connectivity index (χ3n) is 1.71. The summed E-state index contributed by atoms with van der Waals surface area (Å²) in [5, 5.41) is 0. The maximum atomic E-state index is 10.1. The van der Waals surface area contributed by atoms with Crippen molar-refractivity contribution in [1.82, 2.24) is 0 Å². The Morgan fingerprint density at radius 3 is 2.64 bits per heavy atom. The van der Waals surface area contributed by atoms with Crippen LogP contribution in [0.1, 0.15) is 46.0 Å². The summed E-state index contributed by atoms with van der Waals surface area (Å²) in [6.07, 6.45) is 8.69. The molecule has 0 aliphatic heterocycles. The Morgan fingerprint density at radius 1 is 1.36 bits per heavy atom. The second-order valence-electron chi connectivity index (χ2n) is 2.92. The molecule has 0 spiro atoms. The van der Waals surface area contributed by atoms with Crippen LogP contribution in [0.3, 0.4) is 0 Å². The van der Waals surface area contributed by atoms with Crippen LogP contribution in [0.5, 0.6) is 0 Å². The van der Waals surface area contributed by atoms with Gasteiger partial charge in [-0.05, 0) is 19.8 Å². The molecule has 0 saturated heterocycles. The number of carbonyl (C=O) groups is 1. The Kier molecular flexibility index (Phi) is 7.11. The van der Waals surface area contributed by atoms with E-state index >= 15 is 0 Å². The molecule has 0 rings (SSSR count). The van der Waals surface area contributed by atoms with Crippen LogP contribution in [0.2, 0.25) is 0 Å². The molecule has 0 aromatic rings. The van der Waals surface area contributed by atoms with E-state index in [0.717, 1.165) is 12.7 Å². The quantitative estimate of drug-likeness (QED) is 0.326. The maximum Gasteiger partial charge on any atom is 0.124 e. The molecule has 0 aromatic carbocycles. The Labute approximate surface area is 69.5 Å². The predicted octanol–water partition coefficient (Wildman–Crippen LogP) is 3.10. The summed E-state index contributed by atoms with van der Waals surface area (Å²) in [5.41, 5.74) is 1.20. The molecule has 0 amide bonds. The van der Waals surface area contributed by atoms with Crippen LogP contribution in [0.25, 0.3) is 0 Å². The van der Waals surface area contributed by atoms with Crippen molar-refractivity contribution in [3.05, 3.63) is 11.6 Å². The van der Waals surface area contributed by atoms with Gasteiger partial charge >= 0.3 is 0 Å². The predicted molar refractivity (Wildman–Crippen MR) is 48.6 cm³/mol. The minimum Gasteiger partial charge on any atom is -0.303 e. The first kappa shape index (κ1) is 10.4. The second kappa shape index (κ2) is 7.52. The van der Waals surface area contributed by atoms with E-state index in [1.807, 2.05) is 6.92 Å². The summed E-state index contributed by atoms with van der Waals surface area (Å²) in [6.45, 7) is 4.21. The van der Waals surface area contributed by atoms with Gasteiger partial charge in [-0.3, -0.25) is 0 Å². The van der Waals surface area contributed by atoms with Gasteiger partial charge in [0.15, 0.2) is 0 Å². The zero-order valence-electron chi connectivity index (χ0n) is 7.60. The van der Waals surface area contributed by atoms with Gasteiger partial charge in [-0.25, -0.2) is 0 Å². The smallest absolute Gasteiger partial charge is 0.124 e. The molecule has 0 unspecified atom stereocenters. The Balaban J connectivity index is 3.31. The Morgan fingerprint density at radius 2 is 2.09 bits per heavy atom. The third kappa shape index (κ3) is 7.31. The fourth-order valence-electron chi connectivity index (χ4n) is 0.958. The monoisotopic (exact) mass is 154 g/mol. The molecule has 0 saturated carbocycles. The van der Waals surface area contributed by atoms with Gasteiger partial charge in [0.25, 0.3) is 0 Å². The molecule has 0 fully saturated rings. The van der Waals surface area contributed by atoms with Gasteiger partial charge in [0.1, 0.15) is 6.29 Å². The summed E-state index contributed by atoms with van der Waals surface area (Å²) >= 11 is 0. The highest BCUT2D eigenvalue weighted by atomic mass is 16.1. The fraction of sp³-hybridized carbons (Fsp3) is 0.700. The Hall–Kier alpha value is -0.590. The molecule has 0 heterocycles. The van der Waals surface area contributed by atoms with E-state index in [-0.39, 0.29) is 0 Å². The molecular formula is C10H18O. The third-order valence-corrected chi connectivity index (χ3v) is 1.71. The van der Waals surface area contributed by atoms with Crippen LogP contribution in [0, 0.1) is 0 Å². The topological polar surface area (TPSA) is 17.1 Å². The first-order valence-corrected chi connectivity index (χ1v) is 4.40. The van der Waals surface area contributed by atoms with E-state index in [1.54, 1.807) is 0 Å². The lowest BCUT2D eigenvalue weighted by molar-refractivity contribution is -0.107. The number of unbranched alkanes of at least 4 members (excludes halogenated alkanes) is 3. The van der Waals surface area contributed by atoms with E-state index in [4.69, 9.17) is 0 Å². The molecule has 64 valence electrons. The van der Waals surface area contributed by atoms with Gasteiger partial charge in [0.05, 0.1) is 0 Å². The largest absolute Gasteiger partial charge is 0.303 e. The van der Waals surface area contributed by atoms with Gasteiger partial charge in [-0.15, -0.1) is 0 Å². The van der Waals surface area contributed by atoms with Gasteiger partial charge in [0.2, 0.25) is 0 Å². The first-order valence-electron chi connectivity index (χ1n) is 4.40. The molecule has 0 bridgehead atoms. The zero-order valence-corrected chi connectivity index (χ0v) is 7.60. The average molecular weight is 154 g/mol. The molecule has 0 N–H and O–H groups in total. The summed E-state index contributed by atoms with van der Waals surface area (Å²) in [4.78, 5) is 10.1. The highest BCUT2D eigenvalue weighted by Gasteiger charge is 1.87. The van der Waals surface area contributed by atoms with Crippen molar-refractivity contribution >= 4 is 6.29 Å². The van der Waals surface area contributed by atoms with Crippen LogP contribution in [0.4, 0.5) is 0 Å². The highest BCUT2D eigenvalue weighted by molar-refractivity contribution is 5.53. The SMILES string of the molecule is CCCCCC=C(C)CC=O. The van der Waals surface area contributed by atoms with Crippen molar-refractivity contribution in [2.75, 3.05) is 0 Å². The number of hydrogen-bond donors (Lipinski definition) is 0. The molecular weight excluding hydrogens is 136 g/mol. The second-order valence-corrected chi connectivity index (χ2v) is 2.92. The lowest BCUT2D eigenvalue weighted by atomic mass is 10.1. The summed E-state index contributed by atoms with van der Waals surface area (Å²) in [6, 6.07) is 0. The normalized spacial score (nSPS) is 11.6. The van der Waals surface area contributed by atoms with Crippen LogP contribution < -0.4 is 0 Å². The lowest BCUT2D eigenvalue weighted by Crippen LogP contribution is -1.79. The molecule has 0 radical (unpaired) electrons. The van der Waals surface area contributed by atoms with Gasteiger partial charge < -0.3 is 4.79 Å². The maximum absolute atomic E-state index is 10.1. The summed E-state index contributed by atoms with van der Waals surface area (Å²) in [5.74, 6) is 0. The van der Waals surface area contributed by atoms with E-state index in [1.165, 1.54) is 24.8 Å². The van der Waals surface area contributed by atoms with E-state index < -0.39 is 0 Å². The number of aldehydes is 1. The fourth-order valence-corrected chi connectivity index (χ4v) is 0.958. The number of hydrogen-bond acceptors (Lipinski definition) is 1. The van der Waals surface area contributed by atoms with Crippen LogP contribution >= 0.6 is 0 Å². The van der Waals surface area contributed by atoms with Gasteiger partial charge in [-0.2, -0.15) is 0 Å². The van der Waals surface area contributed by atoms with Crippen molar-refractivity contribution in [1.29, 1.82) is 0 Å². The summed E-state index contributed by atoms with van der Waals surface area (Å²) in [7, 11) is 0. The molecule has 0 aliphatic carbocycles. The van der Waals surface area contributed by atoms with Crippen LogP contribution in [-0.2, 0) is 4.79 Å². The number of allylic oxidation sites excluding steroid dienone is 2. The van der Waals surface area contributed by atoms with Gasteiger partial charge in [-0.1, -0.05) is 31.4 Å². The highest BCUT2D eigenvalue weighted by Crippen LogP contribution is 2.04. The minimum absolute atomic E-state index is 0.603. The van der Waals surface area contributed by atoms with Crippen molar-refractivity contribution in [3.63, 3.8) is 0 Å². The number of carbonyl (C=O) groups excluding carboxylic acids is 1. The van der Waals surface area contributed by atoms with E-state index in [2.05, 4.69) is 13.0 Å². The van der Waals surface area contributed by atoms with E-state index in [0.29, 0.717) is 6.42 Å². The number of rotatable bonds is 6. The van der Waals surface area contributed by atoms with Crippen molar-refractivity contribution in [3.8, 4) is 0 Å². The van der Waals surface area contributed by atoms with Crippen LogP contribution in [-0.4, -0.2) is 6.29 Å². The molecule has 1 nitrogen and oxygen atoms in total. The average Bonchev–Trinajstić information content (AvgIpc) is 1.99. The molecule has 1 heteroatoms. The summed E-state index contributed by atoms with van der Waals surface area (Å²) < 4.78 is 0. The van der Waals surface area contributed by atoms with Crippen molar-refractivity contribution in [2.24, 2.45) is 0 Å². The molecule has 0 aromatic heterocycles. The molecule has 0 aliphatic rings. The Bertz CT molecular complexity index is 125. The standard InChI is InChI=1S/C10H18O/c1-3-4-5-6-7-10(2)8-9-11/h7,9H,3-6,8H2,1-2H3.